The molecule has 2 aromatic heterocycles. The lowest BCUT2D eigenvalue weighted by atomic mass is 10.1. The van der Waals surface area contributed by atoms with E-state index in [1.807, 2.05) is 30.3 Å². The number of sulfonamides is 1. The van der Waals surface area contributed by atoms with Gasteiger partial charge in [-0.25, -0.2) is 13.2 Å². The first kappa shape index (κ1) is 33.6. The summed E-state index contributed by atoms with van der Waals surface area (Å²) in [5.74, 6) is -2.78. The van der Waals surface area contributed by atoms with Crippen LogP contribution in [0.1, 0.15) is 11.1 Å². The summed E-state index contributed by atoms with van der Waals surface area (Å²) in [6.07, 6.45) is -5.08. The minimum absolute atomic E-state index is 0.0717. The number of anilines is 1. The predicted molar refractivity (Wildman–Crippen MR) is 153 cm³/mol. The lowest BCUT2D eigenvalue weighted by Crippen LogP contribution is -2.43. The SMILES string of the molecule is COc1cccc2c1c(NS(=O)(=O)c1ccc(Cl)s1)nn2Cc1cccc(CN[C@H](CO)C(N)=O)c1.O=C(O)C(F)(F)F. The molecule has 4 aromatic rings. The van der Waals surface area contributed by atoms with Gasteiger partial charge in [0.15, 0.2) is 5.82 Å². The van der Waals surface area contributed by atoms with Gasteiger partial charge in [0.1, 0.15) is 16.0 Å². The molecule has 0 fully saturated rings. The molecule has 4 rings (SSSR count). The highest BCUT2D eigenvalue weighted by molar-refractivity contribution is 7.94. The number of fused-ring (bicyclic) bond motifs is 1. The summed E-state index contributed by atoms with van der Waals surface area (Å²) in [7, 11) is -2.41. The molecule has 0 aliphatic heterocycles. The van der Waals surface area contributed by atoms with Gasteiger partial charge in [0.25, 0.3) is 10.0 Å². The number of nitrogens with zero attached hydrogens (tertiary/aromatic N) is 2. The number of carbonyl (C=O) groups excluding carboxylic acids is 1. The topological polar surface area (TPSA) is 186 Å². The number of carbonyl (C=O) groups is 2. The number of nitrogens with one attached hydrogen (secondary N) is 2. The van der Waals surface area contributed by atoms with E-state index in [1.165, 1.54) is 19.2 Å². The molecular formula is C25H25ClF3N5O7S2. The Morgan fingerprint density at radius 2 is 1.81 bits per heavy atom. The molecule has 1 amide bonds. The average Bonchev–Trinajstić information content (AvgIpc) is 3.53. The third-order valence-corrected chi connectivity index (χ3v) is 8.71. The normalized spacial score (nSPS) is 12.3. The van der Waals surface area contributed by atoms with Crippen LogP contribution in [0.25, 0.3) is 10.9 Å². The third-order valence-electron chi connectivity index (χ3n) is 5.65. The summed E-state index contributed by atoms with van der Waals surface area (Å²) in [6, 6.07) is 15.0. The van der Waals surface area contributed by atoms with Crippen LogP contribution >= 0.6 is 22.9 Å². The Morgan fingerprint density at radius 1 is 1.16 bits per heavy atom. The molecule has 0 aliphatic rings. The van der Waals surface area contributed by atoms with E-state index < -0.39 is 40.7 Å². The number of carboxylic acid groups (broad SMARTS) is 1. The highest BCUT2D eigenvalue weighted by Crippen LogP contribution is 2.35. The lowest BCUT2D eigenvalue weighted by Gasteiger charge is -2.13. The predicted octanol–water partition coefficient (Wildman–Crippen LogP) is 3.18. The molecule has 0 spiro atoms. The van der Waals surface area contributed by atoms with Gasteiger partial charge in [-0.15, -0.1) is 11.3 Å². The highest BCUT2D eigenvalue weighted by Gasteiger charge is 2.38. The Morgan fingerprint density at radius 3 is 2.37 bits per heavy atom. The van der Waals surface area contributed by atoms with Crippen LogP contribution < -0.4 is 20.5 Å². The van der Waals surface area contributed by atoms with Crippen molar-refractivity contribution in [1.29, 1.82) is 0 Å². The van der Waals surface area contributed by atoms with Crippen molar-refractivity contribution < 1.29 is 46.1 Å². The van der Waals surface area contributed by atoms with Crippen molar-refractivity contribution in [3.05, 3.63) is 70.1 Å². The van der Waals surface area contributed by atoms with Crippen LogP contribution in [0.15, 0.2) is 58.8 Å². The largest absolute Gasteiger partial charge is 0.496 e. The first-order valence-corrected chi connectivity index (χ1v) is 14.7. The second-order valence-corrected chi connectivity index (χ2v) is 12.3. The molecule has 0 aliphatic carbocycles. The van der Waals surface area contributed by atoms with Crippen molar-refractivity contribution in [2.75, 3.05) is 18.4 Å². The van der Waals surface area contributed by atoms with Gasteiger partial charge in [-0.05, 0) is 35.4 Å². The number of thiophene rings is 1. The maximum Gasteiger partial charge on any atom is 0.490 e. The van der Waals surface area contributed by atoms with E-state index in [1.54, 1.807) is 16.8 Å². The molecule has 0 saturated carbocycles. The van der Waals surface area contributed by atoms with Crippen LogP contribution in [-0.4, -0.2) is 66.2 Å². The van der Waals surface area contributed by atoms with Gasteiger partial charge in [0.2, 0.25) is 5.91 Å². The molecule has 12 nitrogen and oxygen atoms in total. The van der Waals surface area contributed by atoms with Crippen molar-refractivity contribution in [1.82, 2.24) is 15.1 Å². The standard InChI is InChI=1S/C23H24ClN5O5S2.C2HF3O2/c1-34-18-7-3-6-17-21(18)23(28-36(32,33)20-9-8-19(24)35-20)27-29(17)12-15-5-2-4-14(10-15)11-26-16(13-30)22(25)31;3-2(4,5)1(6)7/h2-10,16,26,30H,11-13H2,1H3,(H2,25,31)(H,27,28);(H,6,7)/t16-;/m1./s1. The van der Waals surface area contributed by atoms with E-state index in [4.69, 9.17) is 32.0 Å². The number of ether oxygens (including phenoxy) is 1. The second-order valence-electron chi connectivity index (χ2n) is 8.67. The van der Waals surface area contributed by atoms with Crippen molar-refractivity contribution >= 4 is 61.6 Å². The Kier molecular flexibility index (Phi) is 11.0. The molecule has 0 radical (unpaired) electrons. The summed E-state index contributed by atoms with van der Waals surface area (Å²) >= 11 is 6.88. The second kappa shape index (κ2) is 14.0. The van der Waals surface area contributed by atoms with E-state index in [0.29, 0.717) is 34.1 Å². The van der Waals surface area contributed by atoms with Crippen LogP contribution in [0.3, 0.4) is 0 Å². The number of aliphatic hydroxyl groups is 1. The number of benzene rings is 2. The Bertz CT molecular complexity index is 1710. The summed E-state index contributed by atoms with van der Waals surface area (Å²) < 4.78 is 67.8. The molecule has 2 aromatic carbocycles. The molecule has 0 saturated heterocycles. The highest BCUT2D eigenvalue weighted by atomic mass is 35.5. The molecule has 18 heteroatoms. The minimum Gasteiger partial charge on any atom is -0.496 e. The Labute approximate surface area is 251 Å². The summed E-state index contributed by atoms with van der Waals surface area (Å²) in [5, 5.41) is 24.4. The smallest absolute Gasteiger partial charge is 0.490 e. The monoisotopic (exact) mass is 663 g/mol. The van der Waals surface area contributed by atoms with Gasteiger partial charge in [0, 0.05) is 6.54 Å². The number of primary amides is 1. The van der Waals surface area contributed by atoms with Crippen LogP contribution in [-0.2, 0) is 32.7 Å². The summed E-state index contributed by atoms with van der Waals surface area (Å²) in [4.78, 5) is 20.2. The van der Waals surface area contributed by atoms with Crippen LogP contribution in [0, 0.1) is 0 Å². The van der Waals surface area contributed by atoms with Gasteiger partial charge < -0.3 is 20.7 Å². The Balaban J connectivity index is 0.000000646. The van der Waals surface area contributed by atoms with Gasteiger partial charge >= 0.3 is 12.1 Å². The number of rotatable bonds is 11. The number of aliphatic hydroxyl groups excluding tert-OH is 1. The fraction of sp³-hybridized carbons (Fsp3) is 0.240. The van der Waals surface area contributed by atoms with Crippen LogP contribution in [0.2, 0.25) is 4.34 Å². The van der Waals surface area contributed by atoms with Crippen LogP contribution in [0.5, 0.6) is 5.75 Å². The molecule has 232 valence electrons. The summed E-state index contributed by atoms with van der Waals surface area (Å²) in [6.45, 7) is 0.264. The third kappa shape index (κ3) is 8.80. The average molecular weight is 664 g/mol. The maximum atomic E-state index is 13.0. The molecule has 0 bridgehead atoms. The summed E-state index contributed by atoms with van der Waals surface area (Å²) in [5.41, 5.74) is 7.70. The molecular weight excluding hydrogens is 639 g/mol. The molecule has 1 atom stereocenters. The number of aliphatic carboxylic acids is 1. The molecule has 6 N–H and O–H groups in total. The maximum absolute atomic E-state index is 13.0. The molecule has 2 heterocycles. The number of methoxy groups -OCH3 is 1. The van der Waals surface area contributed by atoms with Crippen molar-refractivity contribution in [3.8, 4) is 5.75 Å². The van der Waals surface area contributed by atoms with E-state index >= 15 is 0 Å². The number of hydrogen-bond acceptors (Lipinski definition) is 9. The zero-order valence-electron chi connectivity index (χ0n) is 22.1. The lowest BCUT2D eigenvalue weighted by molar-refractivity contribution is -0.192. The fourth-order valence-corrected chi connectivity index (χ4v) is 6.18. The number of halogens is 4. The van der Waals surface area contributed by atoms with E-state index in [9.17, 15) is 31.5 Å². The van der Waals surface area contributed by atoms with Gasteiger partial charge in [0.05, 0.1) is 35.5 Å². The zero-order chi connectivity index (χ0) is 31.9. The van der Waals surface area contributed by atoms with Crippen LogP contribution in [0.4, 0.5) is 19.0 Å². The number of carboxylic acids is 1. The zero-order valence-corrected chi connectivity index (χ0v) is 24.5. The Hall–Kier alpha value is -3.90. The number of nitrogens with two attached hydrogens (primary N) is 1. The fourth-order valence-electron chi connectivity index (χ4n) is 3.69. The number of alkyl halides is 3. The van der Waals surface area contributed by atoms with Gasteiger partial charge in [-0.1, -0.05) is 41.9 Å². The first-order chi connectivity index (χ1) is 20.2. The van der Waals surface area contributed by atoms with Gasteiger partial charge in [-0.2, -0.15) is 18.3 Å². The number of aromatic nitrogens is 2. The number of amides is 1. The minimum atomic E-state index is -5.08. The quantitative estimate of drug-likeness (QED) is 0.161. The molecule has 43 heavy (non-hydrogen) atoms. The van der Waals surface area contributed by atoms with E-state index in [-0.39, 0.29) is 10.0 Å². The first-order valence-electron chi connectivity index (χ1n) is 12.0. The van der Waals surface area contributed by atoms with Crippen molar-refractivity contribution in [2.45, 2.75) is 29.5 Å². The van der Waals surface area contributed by atoms with Gasteiger partial charge in [-0.3, -0.25) is 19.5 Å². The molecule has 0 unspecified atom stereocenters. The number of hydrogen-bond donors (Lipinski definition) is 5. The van der Waals surface area contributed by atoms with Crippen molar-refractivity contribution in [2.24, 2.45) is 5.73 Å². The van der Waals surface area contributed by atoms with E-state index in [2.05, 4.69) is 15.1 Å². The van der Waals surface area contributed by atoms with Crippen molar-refractivity contribution in [3.63, 3.8) is 0 Å². The van der Waals surface area contributed by atoms with E-state index in [0.717, 1.165) is 22.5 Å².